The Morgan fingerprint density at radius 1 is 1.33 bits per heavy atom. The molecule has 3 aromatic rings. The molecule has 0 aliphatic carbocycles. The molecule has 0 bridgehead atoms. The SMILES string of the molecule is Cc1cc(C(=O)N2CCCC(c3nnc(Cn4ccnc4C)n3C)C2)no1. The second-order valence-corrected chi connectivity index (χ2v) is 7.05. The first kappa shape index (κ1) is 17.4. The summed E-state index contributed by atoms with van der Waals surface area (Å²) in [5.41, 5.74) is 0.363. The van der Waals surface area contributed by atoms with Crippen molar-refractivity contribution in [1.29, 1.82) is 0 Å². The van der Waals surface area contributed by atoms with Crippen LogP contribution in [0.2, 0.25) is 0 Å². The van der Waals surface area contributed by atoms with Gasteiger partial charge in [0.15, 0.2) is 11.5 Å². The zero-order valence-electron chi connectivity index (χ0n) is 15.8. The van der Waals surface area contributed by atoms with E-state index in [4.69, 9.17) is 4.52 Å². The van der Waals surface area contributed by atoms with E-state index in [1.807, 2.05) is 34.2 Å². The summed E-state index contributed by atoms with van der Waals surface area (Å²) in [6.07, 6.45) is 5.63. The predicted octanol–water partition coefficient (Wildman–Crippen LogP) is 1.68. The Hall–Kier alpha value is -2.97. The van der Waals surface area contributed by atoms with E-state index in [1.165, 1.54) is 0 Å². The number of aryl methyl sites for hydroxylation is 2. The maximum atomic E-state index is 12.7. The summed E-state index contributed by atoms with van der Waals surface area (Å²) in [6, 6.07) is 1.68. The van der Waals surface area contributed by atoms with Gasteiger partial charge in [-0.3, -0.25) is 4.79 Å². The van der Waals surface area contributed by atoms with Gasteiger partial charge in [-0.2, -0.15) is 0 Å². The molecule has 1 atom stereocenters. The molecule has 0 N–H and O–H groups in total. The lowest BCUT2D eigenvalue weighted by atomic mass is 9.97. The Bertz CT molecular complexity index is 955. The highest BCUT2D eigenvalue weighted by atomic mass is 16.5. The van der Waals surface area contributed by atoms with Crippen LogP contribution in [0.5, 0.6) is 0 Å². The molecular weight excluding hydrogens is 346 g/mol. The second-order valence-electron chi connectivity index (χ2n) is 7.05. The lowest BCUT2D eigenvalue weighted by Crippen LogP contribution is -2.39. The molecule has 1 unspecified atom stereocenters. The van der Waals surface area contributed by atoms with Gasteiger partial charge in [0.2, 0.25) is 0 Å². The van der Waals surface area contributed by atoms with Gasteiger partial charge < -0.3 is 18.6 Å². The van der Waals surface area contributed by atoms with Gasteiger partial charge in [-0.1, -0.05) is 5.16 Å². The van der Waals surface area contributed by atoms with E-state index < -0.39 is 0 Å². The highest BCUT2D eigenvalue weighted by Crippen LogP contribution is 2.27. The maximum Gasteiger partial charge on any atom is 0.276 e. The summed E-state index contributed by atoms with van der Waals surface area (Å²) in [5.74, 6) is 3.44. The molecular formula is C18H23N7O2. The largest absolute Gasteiger partial charge is 0.361 e. The summed E-state index contributed by atoms with van der Waals surface area (Å²) >= 11 is 0. The molecule has 0 aromatic carbocycles. The predicted molar refractivity (Wildman–Crippen MR) is 96.2 cm³/mol. The van der Waals surface area contributed by atoms with Crippen LogP contribution in [0.1, 0.15) is 52.5 Å². The molecule has 27 heavy (non-hydrogen) atoms. The van der Waals surface area contributed by atoms with Crippen LogP contribution in [-0.4, -0.2) is 53.4 Å². The number of hydrogen-bond acceptors (Lipinski definition) is 6. The lowest BCUT2D eigenvalue weighted by Gasteiger charge is -2.31. The summed E-state index contributed by atoms with van der Waals surface area (Å²) in [6.45, 7) is 5.71. The number of hydrogen-bond donors (Lipinski definition) is 0. The molecule has 0 spiro atoms. The summed E-state index contributed by atoms with van der Waals surface area (Å²) in [7, 11) is 1.98. The highest BCUT2D eigenvalue weighted by Gasteiger charge is 2.30. The fraction of sp³-hybridized carbons (Fsp3) is 0.500. The Morgan fingerprint density at radius 2 is 2.19 bits per heavy atom. The molecule has 9 heteroatoms. The standard InChI is InChI=1S/C18H23N7O2/c1-12-9-15(22-27-12)18(26)25-7-4-5-14(10-25)17-21-20-16(23(17)3)11-24-8-6-19-13(24)2/h6,8-9,14H,4-5,7,10-11H2,1-3H3. The Kier molecular flexibility index (Phi) is 4.51. The summed E-state index contributed by atoms with van der Waals surface area (Å²) in [4.78, 5) is 18.8. The van der Waals surface area contributed by atoms with E-state index >= 15 is 0 Å². The first-order chi connectivity index (χ1) is 13.0. The highest BCUT2D eigenvalue weighted by molar-refractivity contribution is 5.92. The molecule has 4 rings (SSSR count). The van der Waals surface area contributed by atoms with Gasteiger partial charge in [0.1, 0.15) is 17.4 Å². The fourth-order valence-electron chi connectivity index (χ4n) is 3.59. The number of aromatic nitrogens is 6. The van der Waals surface area contributed by atoms with Gasteiger partial charge >= 0.3 is 0 Å². The first-order valence-electron chi connectivity index (χ1n) is 9.11. The van der Waals surface area contributed by atoms with E-state index in [9.17, 15) is 4.79 Å². The van der Waals surface area contributed by atoms with E-state index in [0.717, 1.165) is 36.9 Å². The van der Waals surface area contributed by atoms with Gasteiger partial charge in [0.05, 0.1) is 6.54 Å². The number of likely N-dealkylation sites (tertiary alicyclic amines) is 1. The minimum Gasteiger partial charge on any atom is -0.361 e. The average Bonchev–Trinajstić information content (AvgIpc) is 3.37. The van der Waals surface area contributed by atoms with Crippen LogP contribution in [0.4, 0.5) is 0 Å². The summed E-state index contributed by atoms with van der Waals surface area (Å²) in [5, 5.41) is 12.7. The van der Waals surface area contributed by atoms with Crippen molar-refractivity contribution in [3.63, 3.8) is 0 Å². The van der Waals surface area contributed by atoms with E-state index in [0.29, 0.717) is 24.5 Å². The molecule has 0 saturated carbocycles. The Morgan fingerprint density at radius 3 is 2.89 bits per heavy atom. The number of imidazole rings is 1. The van der Waals surface area contributed by atoms with Gasteiger partial charge in [0, 0.05) is 44.5 Å². The van der Waals surface area contributed by atoms with Crippen molar-refractivity contribution < 1.29 is 9.32 Å². The van der Waals surface area contributed by atoms with Crippen LogP contribution in [0, 0.1) is 13.8 Å². The van der Waals surface area contributed by atoms with Crippen molar-refractivity contribution in [2.75, 3.05) is 13.1 Å². The smallest absolute Gasteiger partial charge is 0.276 e. The molecule has 1 aliphatic heterocycles. The van der Waals surface area contributed by atoms with E-state index in [2.05, 4.69) is 20.3 Å². The number of amides is 1. The molecule has 9 nitrogen and oxygen atoms in total. The topological polar surface area (TPSA) is 94.9 Å². The monoisotopic (exact) mass is 369 g/mol. The van der Waals surface area contributed by atoms with Gasteiger partial charge in [-0.25, -0.2) is 4.98 Å². The zero-order chi connectivity index (χ0) is 19.0. The van der Waals surface area contributed by atoms with Crippen molar-refractivity contribution in [2.24, 2.45) is 7.05 Å². The second kappa shape index (κ2) is 6.98. The summed E-state index contributed by atoms with van der Waals surface area (Å²) < 4.78 is 9.12. The van der Waals surface area contributed by atoms with Gasteiger partial charge in [-0.15, -0.1) is 10.2 Å². The molecule has 0 radical (unpaired) electrons. The molecule has 142 valence electrons. The van der Waals surface area contributed by atoms with Crippen molar-refractivity contribution in [1.82, 2.24) is 34.4 Å². The molecule has 1 aliphatic rings. The molecule has 3 aromatic heterocycles. The van der Waals surface area contributed by atoms with Crippen LogP contribution in [0.25, 0.3) is 0 Å². The fourth-order valence-corrected chi connectivity index (χ4v) is 3.59. The minimum absolute atomic E-state index is 0.0898. The zero-order valence-corrected chi connectivity index (χ0v) is 15.8. The van der Waals surface area contributed by atoms with Crippen LogP contribution in [-0.2, 0) is 13.6 Å². The maximum absolute atomic E-state index is 12.7. The van der Waals surface area contributed by atoms with Gasteiger partial charge in [0.25, 0.3) is 5.91 Å². The Labute approximate surface area is 157 Å². The number of rotatable bonds is 4. The van der Waals surface area contributed by atoms with Crippen LogP contribution < -0.4 is 0 Å². The van der Waals surface area contributed by atoms with E-state index in [-0.39, 0.29) is 11.8 Å². The number of carbonyl (C=O) groups is 1. The first-order valence-corrected chi connectivity index (χ1v) is 9.11. The number of nitrogens with zero attached hydrogens (tertiary/aromatic N) is 7. The van der Waals surface area contributed by atoms with Crippen molar-refractivity contribution in [3.8, 4) is 0 Å². The van der Waals surface area contributed by atoms with E-state index in [1.54, 1.807) is 19.2 Å². The average molecular weight is 369 g/mol. The van der Waals surface area contributed by atoms with Crippen LogP contribution >= 0.6 is 0 Å². The van der Waals surface area contributed by atoms with Crippen molar-refractivity contribution >= 4 is 5.91 Å². The Balaban J connectivity index is 1.50. The van der Waals surface area contributed by atoms with Crippen LogP contribution in [0.3, 0.4) is 0 Å². The third kappa shape index (κ3) is 3.36. The third-order valence-corrected chi connectivity index (χ3v) is 5.15. The molecule has 1 saturated heterocycles. The quantitative estimate of drug-likeness (QED) is 0.694. The lowest BCUT2D eigenvalue weighted by molar-refractivity contribution is 0.0693. The third-order valence-electron chi connectivity index (χ3n) is 5.15. The van der Waals surface area contributed by atoms with Crippen molar-refractivity contribution in [3.05, 3.63) is 47.4 Å². The molecule has 1 fully saturated rings. The number of carbonyl (C=O) groups excluding carboxylic acids is 1. The molecule has 4 heterocycles. The molecule has 1 amide bonds. The normalized spacial score (nSPS) is 17.4. The van der Waals surface area contributed by atoms with Crippen molar-refractivity contribution in [2.45, 2.75) is 39.2 Å². The van der Waals surface area contributed by atoms with Gasteiger partial charge in [-0.05, 0) is 26.7 Å². The number of piperidine rings is 1. The van der Waals surface area contributed by atoms with Crippen LogP contribution in [0.15, 0.2) is 23.0 Å². The minimum atomic E-state index is -0.0898.